The first-order chi connectivity index (χ1) is 50.6. The third-order valence-corrected chi connectivity index (χ3v) is 20.1. The van der Waals surface area contributed by atoms with Crippen LogP contribution in [-0.4, -0.2) is 95.9 Å². The molecule has 0 saturated carbocycles. The predicted octanol–water partition coefficient (Wildman–Crippen LogP) is 19.3. The fourth-order valence-electron chi connectivity index (χ4n) is 14.6. The van der Waals surface area contributed by atoms with Gasteiger partial charge in [0.2, 0.25) is 0 Å². The number of nitrogens with one attached hydrogen (secondary N) is 4. The summed E-state index contributed by atoms with van der Waals surface area (Å²) in [6, 6.07) is 42.0. The average molecular weight is 1450 g/mol. The van der Waals surface area contributed by atoms with Crippen LogP contribution in [0.1, 0.15) is 143 Å². The molecule has 6 N–H and O–H groups in total. The van der Waals surface area contributed by atoms with Crippen molar-refractivity contribution in [2.75, 3.05) is 6.26 Å². The summed E-state index contributed by atoms with van der Waals surface area (Å²) in [7, 11) is -3.48. The number of halogens is 4. The molecule has 19 nitrogen and oxygen atoms in total. The highest BCUT2D eigenvalue weighted by Gasteiger charge is 2.30. The number of H-pyrrole nitrogens is 4. The van der Waals surface area contributed by atoms with E-state index in [1.165, 1.54) is 48.7 Å². The number of hydrogen-bond acceptors (Lipinski definition) is 9. The van der Waals surface area contributed by atoms with Gasteiger partial charge in [-0.15, -0.1) is 0 Å². The molecule has 106 heavy (non-hydrogen) atoms. The Morgan fingerprint density at radius 1 is 0.491 bits per heavy atom. The van der Waals surface area contributed by atoms with E-state index in [0.29, 0.717) is 27.1 Å². The summed E-state index contributed by atoms with van der Waals surface area (Å²) in [5, 5.41) is 63.6. The van der Waals surface area contributed by atoms with Crippen molar-refractivity contribution in [1.82, 2.24) is 59.1 Å². The highest BCUT2D eigenvalue weighted by atomic mass is 32.2. The number of aliphatic carboxylic acids is 2. The van der Waals surface area contributed by atoms with Crippen molar-refractivity contribution in [1.29, 1.82) is 5.26 Å². The fourth-order valence-corrected chi connectivity index (χ4v) is 15.8. The zero-order valence-corrected chi connectivity index (χ0v) is 60.6. The Morgan fingerprint density at radius 3 is 1.26 bits per heavy atom. The van der Waals surface area contributed by atoms with Gasteiger partial charge in [-0.1, -0.05) is 62.3 Å². The van der Waals surface area contributed by atoms with Crippen LogP contribution < -0.4 is 0 Å². The summed E-state index contributed by atoms with van der Waals surface area (Å²) in [4.78, 5) is 22.9. The standard InChI is InChI=1S/C23H24FN3O2.C21H18FN3O2.C19H15FN4.C19H18FN3O2S/c1-12(2)23-22(14(4)8-21(28)29)17-10-19-15(11-25-26-19)9-20(17)27(23)16-5-6-18(24)13(3)7-16;1-12(2)21-16(7-8-20(26)27)17-10-18-13(11-23-24-18)9-19(17)25(21)15-5-3-14(22)4-6-15;1-11(2)19-16(9-21)15-8-17-12(10-22-23-17)7-18(15)24(19)14-5-3-13(20)4-6-14;1-11(2)18-19(26(3,24)25)15-9-16-12(10-21-22-16)8-17(15)23(18)14-6-4-13(20)5-7-14/h5-7,9-12,14H,8H2,1-4H3,(H,25,26)(H,28,29);3-12H,1-2H3,(H,23,24)(H,26,27);3-8,10-11H,1-2H3,(H,22,23);4-11H,1-3H3,(H,21,22)/b;8-7+;;. The molecule has 0 aliphatic heterocycles. The minimum atomic E-state index is -3.48. The van der Waals surface area contributed by atoms with E-state index < -0.39 is 21.8 Å². The Labute approximate surface area is 605 Å². The molecular weight excluding hydrogens is 1370 g/mol. The van der Waals surface area contributed by atoms with Crippen molar-refractivity contribution < 1.29 is 45.8 Å². The fraction of sp³-hybridized carbons (Fsp3) is 0.207. The largest absolute Gasteiger partial charge is 0.481 e. The third-order valence-electron chi connectivity index (χ3n) is 19.0. The molecule has 0 amide bonds. The number of rotatable bonds is 14. The number of fused-ring (bicyclic) bond motifs is 8. The van der Waals surface area contributed by atoms with Crippen LogP contribution >= 0.6 is 0 Å². The highest BCUT2D eigenvalue weighted by Crippen LogP contribution is 2.44. The predicted molar refractivity (Wildman–Crippen MR) is 408 cm³/mol. The quantitative estimate of drug-likeness (QED) is 0.0440. The lowest BCUT2D eigenvalue weighted by atomic mass is 9.91. The van der Waals surface area contributed by atoms with Gasteiger partial charge in [-0.3, -0.25) is 25.2 Å². The molecule has 0 bridgehead atoms. The summed E-state index contributed by atoms with van der Waals surface area (Å²) in [6.07, 6.45) is 11.0. The Balaban J connectivity index is 0.000000125. The van der Waals surface area contributed by atoms with Crippen molar-refractivity contribution in [3.8, 4) is 28.8 Å². The average Bonchev–Trinajstić information content (AvgIpc) is 1.62. The minimum Gasteiger partial charge on any atom is -0.481 e. The van der Waals surface area contributed by atoms with E-state index in [9.17, 15) is 45.9 Å². The van der Waals surface area contributed by atoms with Crippen LogP contribution in [0.4, 0.5) is 17.6 Å². The molecule has 0 saturated heterocycles. The Hall–Kier alpha value is -12.4. The molecule has 16 rings (SSSR count). The molecule has 1 unspecified atom stereocenters. The molecule has 0 spiro atoms. The number of carbonyl (C=O) groups is 2. The van der Waals surface area contributed by atoms with E-state index >= 15 is 0 Å². The summed E-state index contributed by atoms with van der Waals surface area (Å²) in [5.74, 6) is -2.79. The van der Waals surface area contributed by atoms with Gasteiger partial charge in [-0.05, 0) is 193 Å². The molecule has 0 aliphatic carbocycles. The van der Waals surface area contributed by atoms with E-state index in [-0.39, 0.29) is 59.3 Å². The molecule has 1 atom stereocenters. The number of aromatic nitrogens is 12. The number of aryl methyl sites for hydroxylation is 1. The molecule has 8 heterocycles. The molecular formula is C82H75F4N13O6S. The number of sulfone groups is 1. The van der Waals surface area contributed by atoms with Gasteiger partial charge >= 0.3 is 11.9 Å². The summed E-state index contributed by atoms with van der Waals surface area (Å²) in [5.41, 5.74) is 17.0. The van der Waals surface area contributed by atoms with Gasteiger partial charge in [0.25, 0.3) is 0 Å². The summed E-state index contributed by atoms with van der Waals surface area (Å²) in [6.45, 7) is 20.0. The van der Waals surface area contributed by atoms with Crippen molar-refractivity contribution >= 4 is 115 Å². The van der Waals surface area contributed by atoms with Crippen LogP contribution in [0.3, 0.4) is 0 Å². The maximum atomic E-state index is 13.9. The lowest BCUT2D eigenvalue weighted by molar-refractivity contribution is -0.137. The maximum Gasteiger partial charge on any atom is 0.328 e. The topological polar surface area (TPSA) is 267 Å². The molecule has 24 heteroatoms. The van der Waals surface area contributed by atoms with Gasteiger partial charge in [-0.25, -0.2) is 30.8 Å². The lowest BCUT2D eigenvalue weighted by Crippen LogP contribution is -2.09. The van der Waals surface area contributed by atoms with Crippen LogP contribution in [0.25, 0.3) is 116 Å². The normalized spacial score (nSPS) is 12.2. The second kappa shape index (κ2) is 28.7. The van der Waals surface area contributed by atoms with Crippen molar-refractivity contribution in [2.24, 2.45) is 0 Å². The number of benzene rings is 8. The lowest BCUT2D eigenvalue weighted by Gasteiger charge is -2.18. The molecule has 8 aromatic heterocycles. The van der Waals surface area contributed by atoms with Crippen LogP contribution in [0, 0.1) is 41.5 Å². The van der Waals surface area contributed by atoms with Crippen LogP contribution in [-0.2, 0) is 19.4 Å². The maximum absolute atomic E-state index is 13.9. The van der Waals surface area contributed by atoms with Gasteiger partial charge in [0.15, 0.2) is 9.84 Å². The van der Waals surface area contributed by atoms with Gasteiger partial charge < -0.3 is 28.5 Å². The van der Waals surface area contributed by atoms with Gasteiger partial charge in [-0.2, -0.15) is 25.7 Å². The first kappa shape index (κ1) is 72.0. The smallest absolute Gasteiger partial charge is 0.328 e. The minimum absolute atomic E-state index is 0.0439. The molecule has 0 radical (unpaired) electrons. The van der Waals surface area contributed by atoms with Gasteiger partial charge in [0, 0.05) is 107 Å². The second-order valence-corrected chi connectivity index (χ2v) is 29.7. The van der Waals surface area contributed by atoms with Crippen LogP contribution in [0.5, 0.6) is 0 Å². The summed E-state index contributed by atoms with van der Waals surface area (Å²) < 4.78 is 87.6. The van der Waals surface area contributed by atoms with Crippen molar-refractivity contribution in [2.45, 2.75) is 110 Å². The molecule has 538 valence electrons. The first-order valence-corrected chi connectivity index (χ1v) is 36.3. The van der Waals surface area contributed by atoms with E-state index in [4.69, 9.17) is 5.11 Å². The van der Waals surface area contributed by atoms with E-state index in [1.54, 1.807) is 80.3 Å². The highest BCUT2D eigenvalue weighted by molar-refractivity contribution is 7.91. The number of nitrogens with zero attached hydrogens (tertiary/aromatic N) is 9. The zero-order valence-electron chi connectivity index (χ0n) is 59.8. The third kappa shape index (κ3) is 13.6. The van der Waals surface area contributed by atoms with Crippen molar-refractivity contribution in [3.63, 3.8) is 0 Å². The van der Waals surface area contributed by atoms with Crippen LogP contribution in [0.15, 0.2) is 175 Å². The molecule has 16 aromatic rings. The van der Waals surface area contributed by atoms with E-state index in [2.05, 4.69) is 104 Å². The zero-order chi connectivity index (χ0) is 75.5. The van der Waals surface area contributed by atoms with Crippen LogP contribution in [0.2, 0.25) is 0 Å². The Morgan fingerprint density at radius 2 is 0.858 bits per heavy atom. The number of carboxylic acid groups (broad SMARTS) is 2. The summed E-state index contributed by atoms with van der Waals surface area (Å²) >= 11 is 0. The number of aromatic amines is 4. The Bertz CT molecular complexity index is 6280. The Kier molecular flexibility index (Phi) is 19.5. The van der Waals surface area contributed by atoms with E-state index in [1.807, 2.05) is 78.4 Å². The first-order valence-electron chi connectivity index (χ1n) is 34.4. The number of carboxylic acids is 2. The van der Waals surface area contributed by atoms with Gasteiger partial charge in [0.05, 0.1) is 85.8 Å². The molecule has 8 aromatic carbocycles. The monoisotopic (exact) mass is 1450 g/mol. The number of hydrogen-bond donors (Lipinski definition) is 6. The van der Waals surface area contributed by atoms with Gasteiger partial charge in [0.1, 0.15) is 29.3 Å². The van der Waals surface area contributed by atoms with Crippen molar-refractivity contribution in [3.05, 3.63) is 239 Å². The molecule has 0 aliphatic rings. The second-order valence-electron chi connectivity index (χ2n) is 27.8. The SMILES string of the molecule is CC(C)c1c(/C=C/C(=O)O)c2cc3[nH]ncc3cc2n1-c1ccc(F)cc1.CC(C)c1c(C#N)c2cc3[nH]ncc3cc2n1-c1ccc(F)cc1.CC(C)c1c(S(C)(=O)=O)c2cc3[nH]ncc3cc2n1-c1ccc(F)cc1.Cc1cc(-n2c(C(C)C)c(C(C)CC(=O)O)c3cc4[nH]ncc4cc32)ccc1F. The number of nitriles is 1. The van der Waals surface area contributed by atoms with E-state index in [0.717, 1.165) is 139 Å². The molecule has 0 fully saturated rings.